The van der Waals surface area contributed by atoms with Crippen molar-refractivity contribution >= 4 is 40.8 Å². The van der Waals surface area contributed by atoms with E-state index in [9.17, 15) is 4.79 Å². The molecule has 120 valence electrons. The second-order valence-corrected chi connectivity index (χ2v) is 7.68. The lowest BCUT2D eigenvalue weighted by molar-refractivity contribution is 0.257. The van der Waals surface area contributed by atoms with Crippen molar-refractivity contribution in [2.45, 2.75) is 30.4 Å². The summed E-state index contributed by atoms with van der Waals surface area (Å²) in [4.78, 5) is 19.3. The molecule has 1 N–H and O–H groups in total. The van der Waals surface area contributed by atoms with Gasteiger partial charge in [0.25, 0.3) is 0 Å². The van der Waals surface area contributed by atoms with Crippen LogP contribution in [-0.2, 0) is 6.42 Å². The summed E-state index contributed by atoms with van der Waals surface area (Å²) in [6.45, 7) is 4.94. The second kappa shape index (κ2) is 6.81. The topological polar surface area (TPSA) is 45.2 Å². The number of thioether (sulfide) groups is 1. The van der Waals surface area contributed by atoms with Crippen LogP contribution in [0.15, 0.2) is 41.6 Å². The molecule has 6 heteroatoms. The average molecular weight is 348 g/mol. The molecule has 1 aromatic heterocycles. The van der Waals surface area contributed by atoms with E-state index in [4.69, 9.17) is 11.6 Å². The summed E-state index contributed by atoms with van der Waals surface area (Å²) in [6, 6.07) is 7.46. The molecular formula is C17H18ClN3OS. The molecule has 0 radical (unpaired) electrons. The SMILES string of the molecule is CC(C)Sc1cc2c(cc1Cl)N(C(=O)Nc1cccnc1)CC2. The van der Waals surface area contributed by atoms with Gasteiger partial charge in [-0.05, 0) is 36.2 Å². The number of benzene rings is 1. The molecule has 0 unspecified atom stereocenters. The summed E-state index contributed by atoms with van der Waals surface area (Å²) in [5.41, 5.74) is 2.74. The van der Waals surface area contributed by atoms with Gasteiger partial charge in [-0.2, -0.15) is 0 Å². The molecule has 0 saturated heterocycles. The fourth-order valence-electron chi connectivity index (χ4n) is 2.57. The van der Waals surface area contributed by atoms with E-state index in [2.05, 4.69) is 30.2 Å². The third-order valence-corrected chi connectivity index (χ3v) is 5.04. The highest BCUT2D eigenvalue weighted by atomic mass is 35.5. The van der Waals surface area contributed by atoms with Crippen LogP contribution in [0.25, 0.3) is 0 Å². The number of halogens is 1. The minimum atomic E-state index is -0.155. The average Bonchev–Trinajstić information content (AvgIpc) is 2.91. The molecular weight excluding hydrogens is 330 g/mol. The van der Waals surface area contributed by atoms with E-state index < -0.39 is 0 Å². The van der Waals surface area contributed by atoms with E-state index in [-0.39, 0.29) is 6.03 Å². The number of carbonyl (C=O) groups is 1. The summed E-state index contributed by atoms with van der Waals surface area (Å²) in [7, 11) is 0. The Morgan fingerprint density at radius 3 is 2.96 bits per heavy atom. The number of pyridine rings is 1. The number of anilines is 2. The minimum Gasteiger partial charge on any atom is -0.306 e. The zero-order valence-corrected chi connectivity index (χ0v) is 14.6. The van der Waals surface area contributed by atoms with Gasteiger partial charge in [-0.1, -0.05) is 25.4 Å². The number of aromatic nitrogens is 1. The molecule has 2 aromatic rings. The third kappa shape index (κ3) is 3.62. The van der Waals surface area contributed by atoms with Crippen LogP contribution in [0.5, 0.6) is 0 Å². The molecule has 0 bridgehead atoms. The standard InChI is InChI=1S/C17H18ClN3OS/c1-11(2)23-16-8-12-5-7-21(15(12)9-14(16)18)17(22)20-13-4-3-6-19-10-13/h3-4,6,8-11H,5,7H2,1-2H3,(H,20,22). The third-order valence-electron chi connectivity index (χ3n) is 3.55. The first-order valence-electron chi connectivity index (χ1n) is 7.52. The van der Waals surface area contributed by atoms with Crippen molar-refractivity contribution in [3.63, 3.8) is 0 Å². The Morgan fingerprint density at radius 1 is 1.43 bits per heavy atom. The van der Waals surface area contributed by atoms with E-state index in [0.717, 1.165) is 17.0 Å². The zero-order chi connectivity index (χ0) is 16.4. The molecule has 0 aliphatic carbocycles. The fourth-order valence-corrected chi connectivity index (χ4v) is 3.75. The van der Waals surface area contributed by atoms with Gasteiger partial charge in [0.2, 0.25) is 0 Å². The van der Waals surface area contributed by atoms with Gasteiger partial charge in [-0.25, -0.2) is 4.79 Å². The molecule has 0 atom stereocenters. The molecule has 0 saturated carbocycles. The highest BCUT2D eigenvalue weighted by Gasteiger charge is 2.26. The maximum atomic E-state index is 12.5. The van der Waals surface area contributed by atoms with E-state index in [1.807, 2.05) is 12.1 Å². The molecule has 2 heterocycles. The molecule has 2 amide bonds. The van der Waals surface area contributed by atoms with Crippen molar-refractivity contribution in [2.24, 2.45) is 0 Å². The monoisotopic (exact) mass is 347 g/mol. The summed E-state index contributed by atoms with van der Waals surface area (Å²) in [5, 5.41) is 4.03. The Kier molecular flexibility index (Phi) is 4.78. The van der Waals surface area contributed by atoms with Gasteiger partial charge in [-0.3, -0.25) is 9.88 Å². The quantitative estimate of drug-likeness (QED) is 0.809. The van der Waals surface area contributed by atoms with Crippen molar-refractivity contribution in [1.82, 2.24) is 4.98 Å². The number of carbonyl (C=O) groups excluding carboxylic acids is 1. The van der Waals surface area contributed by atoms with Crippen molar-refractivity contribution in [1.29, 1.82) is 0 Å². The number of rotatable bonds is 3. The lowest BCUT2D eigenvalue weighted by Crippen LogP contribution is -2.33. The van der Waals surface area contributed by atoms with E-state index in [1.54, 1.807) is 35.1 Å². The smallest absolute Gasteiger partial charge is 0.306 e. The first-order valence-corrected chi connectivity index (χ1v) is 8.78. The molecule has 1 aromatic carbocycles. The Labute approximate surface area is 145 Å². The zero-order valence-electron chi connectivity index (χ0n) is 13.0. The lowest BCUT2D eigenvalue weighted by Gasteiger charge is -2.19. The molecule has 0 fully saturated rings. The summed E-state index contributed by atoms with van der Waals surface area (Å²) in [5.74, 6) is 0. The highest BCUT2D eigenvalue weighted by Crippen LogP contribution is 2.38. The fraction of sp³-hybridized carbons (Fsp3) is 0.294. The van der Waals surface area contributed by atoms with Crippen molar-refractivity contribution in [3.8, 4) is 0 Å². The Hall–Kier alpha value is -1.72. The minimum absolute atomic E-state index is 0.155. The summed E-state index contributed by atoms with van der Waals surface area (Å²) < 4.78 is 0. The van der Waals surface area contributed by atoms with Crippen LogP contribution in [0, 0.1) is 0 Å². The summed E-state index contributed by atoms with van der Waals surface area (Å²) in [6.07, 6.45) is 4.15. The number of urea groups is 1. The summed E-state index contributed by atoms with van der Waals surface area (Å²) >= 11 is 8.14. The first-order chi connectivity index (χ1) is 11.0. The van der Waals surface area contributed by atoms with Crippen molar-refractivity contribution in [3.05, 3.63) is 47.2 Å². The number of nitrogens with zero attached hydrogens (tertiary/aromatic N) is 2. The Morgan fingerprint density at radius 2 is 2.26 bits per heavy atom. The predicted molar refractivity (Wildman–Crippen MR) is 96.8 cm³/mol. The normalized spacial score (nSPS) is 13.3. The molecule has 0 spiro atoms. The Bertz CT molecular complexity index is 721. The van der Waals surface area contributed by atoms with Gasteiger partial charge in [0.1, 0.15) is 0 Å². The number of nitrogens with one attached hydrogen (secondary N) is 1. The van der Waals surface area contributed by atoms with Crippen molar-refractivity contribution in [2.75, 3.05) is 16.8 Å². The van der Waals surface area contributed by atoms with E-state index in [0.29, 0.717) is 22.5 Å². The molecule has 23 heavy (non-hydrogen) atoms. The molecule has 1 aliphatic heterocycles. The van der Waals surface area contributed by atoms with Crippen LogP contribution >= 0.6 is 23.4 Å². The number of fused-ring (bicyclic) bond motifs is 1. The first kappa shape index (κ1) is 16.1. The van der Waals surface area contributed by atoms with Crippen LogP contribution in [-0.4, -0.2) is 22.8 Å². The molecule has 3 rings (SSSR count). The maximum absolute atomic E-state index is 12.5. The van der Waals surface area contributed by atoms with E-state index >= 15 is 0 Å². The van der Waals surface area contributed by atoms with Crippen molar-refractivity contribution < 1.29 is 4.79 Å². The lowest BCUT2D eigenvalue weighted by atomic mass is 10.2. The van der Waals surface area contributed by atoms with Crippen LogP contribution < -0.4 is 10.2 Å². The Balaban J connectivity index is 1.81. The maximum Gasteiger partial charge on any atom is 0.326 e. The molecule has 4 nitrogen and oxygen atoms in total. The van der Waals surface area contributed by atoms with Crippen LogP contribution in [0.4, 0.5) is 16.2 Å². The predicted octanol–water partition coefficient (Wildman–Crippen LogP) is 4.83. The van der Waals surface area contributed by atoms with E-state index in [1.165, 1.54) is 5.56 Å². The second-order valence-electron chi connectivity index (χ2n) is 5.65. The van der Waals surface area contributed by atoms with Crippen LogP contribution in [0.1, 0.15) is 19.4 Å². The number of hydrogen-bond donors (Lipinski definition) is 1. The number of hydrogen-bond acceptors (Lipinski definition) is 3. The number of amides is 2. The van der Waals surface area contributed by atoms with Gasteiger partial charge in [0.15, 0.2) is 0 Å². The van der Waals surface area contributed by atoms with Crippen LogP contribution in [0.2, 0.25) is 5.02 Å². The molecule has 1 aliphatic rings. The van der Waals surface area contributed by atoms with Gasteiger partial charge in [0.05, 0.1) is 22.6 Å². The van der Waals surface area contributed by atoms with Crippen LogP contribution in [0.3, 0.4) is 0 Å². The van der Waals surface area contributed by atoms with Gasteiger partial charge >= 0.3 is 6.03 Å². The van der Waals surface area contributed by atoms with Gasteiger partial charge < -0.3 is 5.32 Å². The largest absolute Gasteiger partial charge is 0.326 e. The highest BCUT2D eigenvalue weighted by molar-refractivity contribution is 8.00. The van der Waals surface area contributed by atoms with Gasteiger partial charge in [0, 0.05) is 22.9 Å². The van der Waals surface area contributed by atoms with Gasteiger partial charge in [-0.15, -0.1) is 11.8 Å².